The molecule has 0 saturated heterocycles. The van der Waals surface area contributed by atoms with Gasteiger partial charge in [-0.05, 0) is 0 Å². The molecule has 1 heterocycles. The van der Waals surface area contributed by atoms with Gasteiger partial charge in [0, 0.05) is 0 Å². The van der Waals surface area contributed by atoms with Crippen molar-refractivity contribution in [3.05, 3.63) is 111 Å². The fourth-order valence-corrected chi connectivity index (χ4v) is 8.76. The minimum absolute atomic E-state index is 0.0168. The van der Waals surface area contributed by atoms with Crippen molar-refractivity contribution in [2.45, 2.75) is 18.0 Å². The molecule has 0 N–H and O–H groups in total. The van der Waals surface area contributed by atoms with Gasteiger partial charge in [-0.3, -0.25) is 0 Å². The fraction of sp³-hybridized carbons (Fsp3) is 0.125. The van der Waals surface area contributed by atoms with Crippen molar-refractivity contribution in [2.24, 2.45) is 0 Å². The third-order valence-electron chi connectivity index (χ3n) is 4.94. The Morgan fingerprint density at radius 2 is 1.26 bits per heavy atom. The summed E-state index contributed by atoms with van der Waals surface area (Å²) in [4.78, 5) is 12.4. The summed E-state index contributed by atoms with van der Waals surface area (Å²) >= 11 is -3.89. The standard InChI is InChI=1S/C24H15F6IO3/c25-23(26,27)22(24(28,29)30)18-13-7-8-14-19(18)31(34-22)20(16-9-3-1-4-10-16)15-33-21(32)17-11-5-2-6-12-17/h1-15H/b20-15+. The van der Waals surface area contributed by atoms with E-state index in [0.717, 1.165) is 18.4 Å². The average molecular weight is 592 g/mol. The summed E-state index contributed by atoms with van der Waals surface area (Å²) in [5, 5.41) is 0. The Morgan fingerprint density at radius 3 is 1.82 bits per heavy atom. The molecule has 10 heteroatoms. The maximum absolute atomic E-state index is 14.0. The van der Waals surface area contributed by atoms with Gasteiger partial charge in [0.05, 0.1) is 0 Å². The second kappa shape index (κ2) is 9.06. The molecular weight excluding hydrogens is 577 g/mol. The second-order valence-corrected chi connectivity index (χ2v) is 11.3. The van der Waals surface area contributed by atoms with E-state index in [1.165, 1.54) is 36.4 Å². The van der Waals surface area contributed by atoms with E-state index in [2.05, 4.69) is 0 Å². The summed E-state index contributed by atoms with van der Waals surface area (Å²) in [6, 6.07) is 20.0. The molecule has 34 heavy (non-hydrogen) atoms. The molecule has 0 saturated carbocycles. The molecule has 3 aromatic carbocycles. The van der Waals surface area contributed by atoms with E-state index >= 15 is 0 Å². The van der Waals surface area contributed by atoms with Gasteiger partial charge < -0.3 is 0 Å². The van der Waals surface area contributed by atoms with Crippen LogP contribution in [0, 0.1) is 3.57 Å². The molecule has 4 rings (SSSR count). The van der Waals surface area contributed by atoms with Crippen LogP contribution >= 0.6 is 20.2 Å². The summed E-state index contributed by atoms with van der Waals surface area (Å²) in [5.74, 6) is -0.810. The van der Waals surface area contributed by atoms with Gasteiger partial charge in [-0.1, -0.05) is 0 Å². The molecule has 3 aromatic rings. The number of ether oxygens (including phenoxy) is 1. The summed E-state index contributed by atoms with van der Waals surface area (Å²) in [5.41, 5.74) is -5.00. The van der Waals surface area contributed by atoms with E-state index in [9.17, 15) is 31.1 Å². The van der Waals surface area contributed by atoms with Gasteiger partial charge in [0.1, 0.15) is 0 Å². The van der Waals surface area contributed by atoms with E-state index in [1.807, 2.05) is 0 Å². The molecule has 0 bridgehead atoms. The van der Waals surface area contributed by atoms with Crippen molar-refractivity contribution in [2.75, 3.05) is 0 Å². The zero-order valence-electron chi connectivity index (χ0n) is 17.0. The molecule has 0 spiro atoms. The first kappa shape index (κ1) is 24.3. The monoisotopic (exact) mass is 592 g/mol. The van der Waals surface area contributed by atoms with Gasteiger partial charge >= 0.3 is 198 Å². The van der Waals surface area contributed by atoms with Crippen molar-refractivity contribution in [1.82, 2.24) is 0 Å². The Labute approximate surface area is 197 Å². The second-order valence-electron chi connectivity index (χ2n) is 7.09. The van der Waals surface area contributed by atoms with Gasteiger partial charge in [0.25, 0.3) is 0 Å². The van der Waals surface area contributed by atoms with E-state index in [-0.39, 0.29) is 12.7 Å². The predicted octanol–water partition coefficient (Wildman–Crippen LogP) is 7.48. The molecule has 1 aliphatic rings. The number of hydrogen-bond donors (Lipinski definition) is 0. The Bertz CT molecular complexity index is 1190. The third-order valence-corrected chi connectivity index (χ3v) is 9.97. The van der Waals surface area contributed by atoms with Crippen molar-refractivity contribution in [3.63, 3.8) is 0 Å². The van der Waals surface area contributed by atoms with Gasteiger partial charge in [0.15, 0.2) is 0 Å². The number of fused-ring (bicyclic) bond motifs is 1. The van der Waals surface area contributed by atoms with Crippen LogP contribution in [-0.4, -0.2) is 18.3 Å². The first-order chi connectivity index (χ1) is 16.1. The van der Waals surface area contributed by atoms with Gasteiger partial charge in [-0.15, -0.1) is 0 Å². The maximum atomic E-state index is 14.0. The molecule has 178 valence electrons. The molecule has 3 nitrogen and oxygen atoms in total. The van der Waals surface area contributed by atoms with Crippen LogP contribution in [0.15, 0.2) is 91.2 Å². The number of rotatable bonds is 4. The van der Waals surface area contributed by atoms with Crippen LogP contribution in [0.5, 0.6) is 0 Å². The molecule has 0 atom stereocenters. The van der Waals surface area contributed by atoms with Crippen LogP contribution in [-0.2, 0) is 13.4 Å². The molecule has 0 aromatic heterocycles. The van der Waals surface area contributed by atoms with E-state index in [4.69, 9.17) is 7.80 Å². The third kappa shape index (κ3) is 4.20. The Balaban J connectivity index is 1.85. The van der Waals surface area contributed by atoms with E-state index < -0.39 is 49.7 Å². The first-order valence-electron chi connectivity index (χ1n) is 9.70. The Morgan fingerprint density at radius 1 is 0.765 bits per heavy atom. The van der Waals surface area contributed by atoms with Gasteiger partial charge in [-0.25, -0.2) is 0 Å². The molecule has 0 amide bonds. The predicted molar refractivity (Wildman–Crippen MR) is 120 cm³/mol. The van der Waals surface area contributed by atoms with Crippen molar-refractivity contribution in [1.29, 1.82) is 0 Å². The summed E-state index contributed by atoms with van der Waals surface area (Å²) in [6.07, 6.45) is -10.6. The van der Waals surface area contributed by atoms with Crippen LogP contribution in [0.2, 0.25) is 0 Å². The zero-order chi connectivity index (χ0) is 24.6. The quantitative estimate of drug-likeness (QED) is 0.136. The number of esters is 1. The Hall–Kier alpha value is -2.86. The van der Waals surface area contributed by atoms with Crippen LogP contribution in [0.3, 0.4) is 0 Å². The summed E-state index contributed by atoms with van der Waals surface area (Å²) in [7, 11) is 0. The molecule has 0 unspecified atom stereocenters. The van der Waals surface area contributed by atoms with Crippen LogP contribution in [0.4, 0.5) is 26.3 Å². The van der Waals surface area contributed by atoms with Crippen LogP contribution in [0.1, 0.15) is 21.5 Å². The van der Waals surface area contributed by atoms with E-state index in [0.29, 0.717) is 5.56 Å². The number of hydrogen-bond acceptors (Lipinski definition) is 3. The SMILES string of the molecule is O=C(O/C=C(\c1ccccc1)I1OC(C(F)(F)F)(C(F)(F)F)c2ccccc21)c1ccccc1. The number of halogens is 7. The normalized spacial score (nSPS) is 16.8. The molecule has 0 radical (unpaired) electrons. The Kier molecular flexibility index (Phi) is 6.47. The fourth-order valence-electron chi connectivity index (χ4n) is 3.35. The first-order valence-corrected chi connectivity index (χ1v) is 12.7. The summed E-state index contributed by atoms with van der Waals surface area (Å²) in [6.45, 7) is 0. The summed E-state index contributed by atoms with van der Waals surface area (Å²) < 4.78 is 94.3. The number of benzene rings is 3. The zero-order valence-corrected chi connectivity index (χ0v) is 19.2. The molecule has 1 aliphatic heterocycles. The van der Waals surface area contributed by atoms with E-state index in [1.54, 1.807) is 36.4 Å². The molecular formula is C24H15F6IO3. The number of carbonyl (C=O) groups excluding carboxylic acids is 1. The van der Waals surface area contributed by atoms with Crippen LogP contribution < -0.4 is 0 Å². The minimum atomic E-state index is -5.77. The van der Waals surface area contributed by atoms with Gasteiger partial charge in [-0.2, -0.15) is 0 Å². The van der Waals surface area contributed by atoms with Crippen molar-refractivity contribution < 1.29 is 38.9 Å². The average Bonchev–Trinajstić information content (AvgIpc) is 3.17. The van der Waals surface area contributed by atoms with Crippen LogP contribution in [0.25, 0.3) is 3.58 Å². The van der Waals surface area contributed by atoms with Gasteiger partial charge in [0.2, 0.25) is 0 Å². The number of alkyl halides is 6. The van der Waals surface area contributed by atoms with Crippen molar-refractivity contribution >= 4 is 29.8 Å². The molecule has 0 aliphatic carbocycles. The van der Waals surface area contributed by atoms with Crippen molar-refractivity contribution in [3.8, 4) is 0 Å². The topological polar surface area (TPSA) is 35.5 Å². The number of carbonyl (C=O) groups is 1. The molecule has 0 fully saturated rings.